The Kier molecular flexibility index (Phi) is 4.17. The van der Waals surface area contributed by atoms with E-state index in [2.05, 4.69) is 5.32 Å². The fraction of sp³-hybridized carbons (Fsp3) is 0.400. The van der Waals surface area contributed by atoms with Crippen molar-refractivity contribution >= 4 is 17.3 Å². The summed E-state index contributed by atoms with van der Waals surface area (Å²) in [5.41, 5.74) is 0.712. The highest BCUT2D eigenvalue weighted by molar-refractivity contribution is 6.31. The van der Waals surface area contributed by atoms with Crippen molar-refractivity contribution in [3.05, 3.63) is 29.0 Å². The van der Waals surface area contributed by atoms with E-state index in [1.165, 1.54) is 12.1 Å². The van der Waals surface area contributed by atoms with Gasteiger partial charge in [-0.05, 0) is 24.6 Å². The Labute approximate surface area is 87.7 Å². The average Bonchev–Trinajstić information content (AvgIpc) is 2.19. The number of aliphatic hydroxyl groups is 1. The maximum absolute atomic E-state index is 12.8. The Morgan fingerprint density at radius 2 is 2.29 bits per heavy atom. The van der Waals surface area contributed by atoms with E-state index in [9.17, 15) is 9.50 Å². The third-order valence-corrected chi connectivity index (χ3v) is 2.22. The van der Waals surface area contributed by atoms with Gasteiger partial charge >= 0.3 is 0 Å². The standard InChI is InChI=1S/C10H13ClFNO/c1-2-8(14)6-13-7-3-4-10(12)9(11)5-7/h3-5,8,13-14H,2,6H2,1H3. The number of halogens is 2. The van der Waals surface area contributed by atoms with Crippen LogP contribution in [0, 0.1) is 5.82 Å². The number of nitrogens with one attached hydrogen (secondary N) is 1. The molecule has 4 heteroatoms. The third-order valence-electron chi connectivity index (χ3n) is 1.93. The molecule has 0 spiro atoms. The van der Waals surface area contributed by atoms with Gasteiger partial charge in [0, 0.05) is 12.2 Å². The maximum atomic E-state index is 12.8. The first-order valence-electron chi connectivity index (χ1n) is 4.50. The lowest BCUT2D eigenvalue weighted by atomic mass is 10.2. The number of hydrogen-bond acceptors (Lipinski definition) is 2. The van der Waals surface area contributed by atoms with Crippen molar-refractivity contribution in [2.75, 3.05) is 11.9 Å². The molecule has 0 aliphatic heterocycles. The summed E-state index contributed by atoms with van der Waals surface area (Å²) in [7, 11) is 0. The lowest BCUT2D eigenvalue weighted by Gasteiger charge is -2.10. The van der Waals surface area contributed by atoms with Crippen molar-refractivity contribution in [1.29, 1.82) is 0 Å². The van der Waals surface area contributed by atoms with Gasteiger partial charge in [-0.15, -0.1) is 0 Å². The van der Waals surface area contributed by atoms with Crippen LogP contribution in [0.25, 0.3) is 0 Å². The highest BCUT2D eigenvalue weighted by Crippen LogP contribution is 2.19. The first-order valence-corrected chi connectivity index (χ1v) is 4.88. The second-order valence-corrected chi connectivity index (χ2v) is 3.48. The van der Waals surface area contributed by atoms with E-state index >= 15 is 0 Å². The van der Waals surface area contributed by atoms with E-state index in [-0.39, 0.29) is 11.1 Å². The monoisotopic (exact) mass is 217 g/mol. The molecule has 2 N–H and O–H groups in total. The lowest BCUT2D eigenvalue weighted by Crippen LogP contribution is -2.18. The van der Waals surface area contributed by atoms with Crippen LogP contribution in [0.15, 0.2) is 18.2 Å². The Morgan fingerprint density at radius 3 is 2.86 bits per heavy atom. The molecular formula is C10H13ClFNO. The molecule has 14 heavy (non-hydrogen) atoms. The van der Waals surface area contributed by atoms with Crippen LogP contribution in [0.5, 0.6) is 0 Å². The molecule has 0 bridgehead atoms. The molecule has 0 aliphatic rings. The molecule has 0 radical (unpaired) electrons. The van der Waals surface area contributed by atoms with Crippen LogP contribution < -0.4 is 5.32 Å². The van der Waals surface area contributed by atoms with Gasteiger partial charge in [0.15, 0.2) is 0 Å². The molecule has 1 aromatic carbocycles. The van der Waals surface area contributed by atoms with E-state index < -0.39 is 5.82 Å². The molecule has 0 saturated heterocycles. The van der Waals surface area contributed by atoms with Gasteiger partial charge in [0.05, 0.1) is 11.1 Å². The first-order chi connectivity index (χ1) is 6.63. The summed E-state index contributed by atoms with van der Waals surface area (Å²) in [4.78, 5) is 0. The number of hydrogen-bond donors (Lipinski definition) is 2. The highest BCUT2D eigenvalue weighted by atomic mass is 35.5. The fourth-order valence-corrected chi connectivity index (χ4v) is 1.17. The largest absolute Gasteiger partial charge is 0.391 e. The molecule has 78 valence electrons. The summed E-state index contributed by atoms with van der Waals surface area (Å²) < 4.78 is 12.8. The number of anilines is 1. The first kappa shape index (κ1) is 11.3. The van der Waals surface area contributed by atoms with Gasteiger partial charge in [0.2, 0.25) is 0 Å². The molecule has 0 saturated carbocycles. The van der Waals surface area contributed by atoms with Crippen molar-refractivity contribution in [3.63, 3.8) is 0 Å². The van der Waals surface area contributed by atoms with Gasteiger partial charge in [-0.1, -0.05) is 18.5 Å². The van der Waals surface area contributed by atoms with E-state index in [0.29, 0.717) is 18.7 Å². The Morgan fingerprint density at radius 1 is 1.57 bits per heavy atom. The average molecular weight is 218 g/mol. The molecule has 2 nitrogen and oxygen atoms in total. The third kappa shape index (κ3) is 3.16. The molecule has 1 unspecified atom stereocenters. The van der Waals surface area contributed by atoms with Crippen molar-refractivity contribution < 1.29 is 9.50 Å². The van der Waals surface area contributed by atoms with Gasteiger partial charge in [0.25, 0.3) is 0 Å². The van der Waals surface area contributed by atoms with Crippen molar-refractivity contribution in [1.82, 2.24) is 0 Å². The van der Waals surface area contributed by atoms with Crippen molar-refractivity contribution in [2.45, 2.75) is 19.4 Å². The van der Waals surface area contributed by atoms with Gasteiger partial charge < -0.3 is 10.4 Å². The number of aliphatic hydroxyl groups excluding tert-OH is 1. The Bertz CT molecular complexity index is 306. The summed E-state index contributed by atoms with van der Waals surface area (Å²) in [5.74, 6) is -0.437. The van der Waals surface area contributed by atoms with Crippen LogP contribution in [0.3, 0.4) is 0 Å². The summed E-state index contributed by atoms with van der Waals surface area (Å²) in [6, 6.07) is 4.38. The van der Waals surface area contributed by atoms with Crippen LogP contribution in [0.2, 0.25) is 5.02 Å². The molecule has 0 heterocycles. The van der Waals surface area contributed by atoms with Gasteiger partial charge in [0.1, 0.15) is 5.82 Å². The zero-order chi connectivity index (χ0) is 10.6. The van der Waals surface area contributed by atoms with E-state index in [4.69, 9.17) is 11.6 Å². The number of rotatable bonds is 4. The highest BCUT2D eigenvalue weighted by Gasteiger charge is 2.02. The molecule has 1 rings (SSSR count). The molecule has 0 amide bonds. The molecular weight excluding hydrogens is 205 g/mol. The molecule has 0 aromatic heterocycles. The van der Waals surface area contributed by atoms with Crippen LogP contribution in [-0.2, 0) is 0 Å². The lowest BCUT2D eigenvalue weighted by molar-refractivity contribution is 0.183. The predicted octanol–water partition coefficient (Wildman–Crippen LogP) is 2.66. The quantitative estimate of drug-likeness (QED) is 0.813. The zero-order valence-electron chi connectivity index (χ0n) is 7.93. The van der Waals surface area contributed by atoms with E-state index in [1.54, 1.807) is 6.07 Å². The van der Waals surface area contributed by atoms with E-state index in [1.807, 2.05) is 6.92 Å². The Hall–Kier alpha value is -0.800. The van der Waals surface area contributed by atoms with Crippen LogP contribution >= 0.6 is 11.6 Å². The van der Waals surface area contributed by atoms with Crippen LogP contribution in [0.4, 0.5) is 10.1 Å². The van der Waals surface area contributed by atoms with Crippen molar-refractivity contribution in [2.24, 2.45) is 0 Å². The molecule has 0 fully saturated rings. The summed E-state index contributed by atoms with van der Waals surface area (Å²) in [5, 5.41) is 12.3. The predicted molar refractivity (Wildman–Crippen MR) is 56.2 cm³/mol. The maximum Gasteiger partial charge on any atom is 0.141 e. The topological polar surface area (TPSA) is 32.3 Å². The Balaban J connectivity index is 2.55. The minimum Gasteiger partial charge on any atom is -0.391 e. The summed E-state index contributed by atoms with van der Waals surface area (Å²) >= 11 is 5.59. The van der Waals surface area contributed by atoms with Gasteiger partial charge in [-0.25, -0.2) is 4.39 Å². The second kappa shape index (κ2) is 5.17. The van der Waals surface area contributed by atoms with E-state index in [0.717, 1.165) is 0 Å². The van der Waals surface area contributed by atoms with Crippen molar-refractivity contribution in [3.8, 4) is 0 Å². The summed E-state index contributed by atoms with van der Waals surface area (Å²) in [6.07, 6.45) is 0.292. The van der Waals surface area contributed by atoms with Gasteiger partial charge in [-0.3, -0.25) is 0 Å². The van der Waals surface area contributed by atoms with Crippen LogP contribution in [-0.4, -0.2) is 17.8 Å². The normalized spacial score (nSPS) is 12.6. The molecule has 0 aliphatic carbocycles. The molecule has 1 aromatic rings. The molecule has 1 atom stereocenters. The SMILES string of the molecule is CCC(O)CNc1ccc(F)c(Cl)c1. The zero-order valence-corrected chi connectivity index (χ0v) is 8.68. The van der Waals surface area contributed by atoms with Gasteiger partial charge in [-0.2, -0.15) is 0 Å². The van der Waals surface area contributed by atoms with Crippen LogP contribution in [0.1, 0.15) is 13.3 Å². The number of benzene rings is 1. The second-order valence-electron chi connectivity index (χ2n) is 3.07. The summed E-state index contributed by atoms with van der Waals surface area (Å²) in [6.45, 7) is 2.34. The fourth-order valence-electron chi connectivity index (χ4n) is 0.986. The smallest absolute Gasteiger partial charge is 0.141 e. The minimum absolute atomic E-state index is 0.0842. The minimum atomic E-state index is -0.437.